The number of benzene rings is 2. The Morgan fingerprint density at radius 1 is 1.16 bits per heavy atom. The molecule has 0 aliphatic rings. The Hall–Kier alpha value is -3.56. The Morgan fingerprint density at radius 2 is 1.78 bits per heavy atom. The minimum Gasteiger partial charge on any atom is -0.505 e. The molecule has 3 rings (SSSR count). The number of hydrogen-bond acceptors (Lipinski definition) is 4. The van der Waals surface area contributed by atoms with Crippen LogP contribution in [0.4, 0.5) is 17.6 Å². The molecular weight excluding hydrogens is 434 g/mol. The molecule has 170 valence electrons. The molecule has 0 bridgehead atoms. The number of alkyl halides is 3. The summed E-state index contributed by atoms with van der Waals surface area (Å²) in [6.07, 6.45) is -4.13. The molecule has 1 atom stereocenters. The summed E-state index contributed by atoms with van der Waals surface area (Å²) in [7, 11) is 0. The number of aromatic hydroxyl groups is 1. The van der Waals surface area contributed by atoms with Gasteiger partial charge in [-0.05, 0) is 49.2 Å². The second-order valence-electron chi connectivity index (χ2n) is 7.21. The molecule has 1 heterocycles. The first kappa shape index (κ1) is 23.1. The van der Waals surface area contributed by atoms with Crippen LogP contribution in [0.15, 0.2) is 36.4 Å². The number of carboxylic acid groups (broad SMARTS) is 1. The van der Waals surface area contributed by atoms with E-state index in [0.717, 1.165) is 41.0 Å². The van der Waals surface area contributed by atoms with Gasteiger partial charge in [0.15, 0.2) is 11.6 Å². The summed E-state index contributed by atoms with van der Waals surface area (Å²) in [5.74, 6) is -5.08. The number of hydrogen-bond donors (Lipinski definition) is 2. The van der Waals surface area contributed by atoms with Crippen molar-refractivity contribution in [1.82, 2.24) is 4.57 Å². The zero-order valence-electron chi connectivity index (χ0n) is 17.0. The Kier molecular flexibility index (Phi) is 6.16. The van der Waals surface area contributed by atoms with Crippen LogP contribution in [0, 0.1) is 12.7 Å². The zero-order valence-corrected chi connectivity index (χ0v) is 17.0. The molecule has 0 fully saturated rings. The van der Waals surface area contributed by atoms with Gasteiger partial charge in [-0.25, -0.2) is 4.39 Å². The molecule has 0 saturated carbocycles. The van der Waals surface area contributed by atoms with E-state index in [-0.39, 0.29) is 34.1 Å². The Morgan fingerprint density at radius 3 is 2.31 bits per heavy atom. The van der Waals surface area contributed by atoms with E-state index in [1.54, 1.807) is 6.92 Å². The Balaban J connectivity index is 2.18. The molecule has 32 heavy (non-hydrogen) atoms. The highest BCUT2D eigenvalue weighted by atomic mass is 19.4. The number of rotatable bonds is 6. The highest BCUT2D eigenvalue weighted by molar-refractivity contribution is 6.05. The summed E-state index contributed by atoms with van der Waals surface area (Å²) >= 11 is 0. The number of phenolic OH excluding ortho intramolecular Hbond substituents is 1. The lowest BCUT2D eigenvalue weighted by atomic mass is 9.92. The van der Waals surface area contributed by atoms with Crippen molar-refractivity contribution in [1.29, 1.82) is 0 Å². The summed E-state index contributed by atoms with van der Waals surface area (Å²) in [4.78, 5) is 25.1. The minimum atomic E-state index is -4.89. The summed E-state index contributed by atoms with van der Waals surface area (Å²) in [6.45, 7) is 3.28. The van der Waals surface area contributed by atoms with Crippen molar-refractivity contribution in [3.8, 4) is 11.5 Å². The van der Waals surface area contributed by atoms with Gasteiger partial charge in [0.25, 0.3) is 5.91 Å². The lowest BCUT2D eigenvalue weighted by Gasteiger charge is -2.13. The van der Waals surface area contributed by atoms with Gasteiger partial charge in [0, 0.05) is 22.7 Å². The molecule has 2 aromatic carbocycles. The number of aromatic nitrogens is 1. The Labute approximate surface area is 179 Å². The maximum Gasteiger partial charge on any atom is 0.573 e. The second-order valence-corrected chi connectivity index (χ2v) is 7.21. The molecule has 0 aliphatic heterocycles. The van der Waals surface area contributed by atoms with E-state index >= 15 is 0 Å². The Bertz CT molecular complexity index is 1180. The second kappa shape index (κ2) is 8.52. The molecule has 3 aromatic rings. The average Bonchev–Trinajstić information content (AvgIpc) is 2.96. The number of carboxylic acids is 1. The van der Waals surface area contributed by atoms with Gasteiger partial charge in [-0.1, -0.05) is 13.3 Å². The predicted molar refractivity (Wildman–Crippen MR) is 106 cm³/mol. The van der Waals surface area contributed by atoms with Crippen LogP contribution in [-0.4, -0.2) is 33.0 Å². The number of halogens is 4. The van der Waals surface area contributed by atoms with Gasteiger partial charge in [0.2, 0.25) is 0 Å². The van der Waals surface area contributed by atoms with Crippen LogP contribution in [-0.2, 0) is 4.79 Å². The van der Waals surface area contributed by atoms with Crippen LogP contribution in [0.5, 0.6) is 11.5 Å². The average molecular weight is 453 g/mol. The van der Waals surface area contributed by atoms with Crippen LogP contribution in [0.3, 0.4) is 0 Å². The molecule has 0 aliphatic carbocycles. The van der Waals surface area contributed by atoms with Crippen molar-refractivity contribution < 1.29 is 42.1 Å². The lowest BCUT2D eigenvalue weighted by molar-refractivity contribution is -0.274. The van der Waals surface area contributed by atoms with Crippen LogP contribution in [0.2, 0.25) is 0 Å². The first-order valence-electron chi connectivity index (χ1n) is 9.61. The first-order chi connectivity index (χ1) is 14.9. The maximum absolute atomic E-state index is 14.1. The molecule has 0 spiro atoms. The van der Waals surface area contributed by atoms with Crippen molar-refractivity contribution in [3.63, 3.8) is 0 Å². The third-order valence-electron chi connectivity index (χ3n) is 5.08. The number of nitrogens with zero attached hydrogens (tertiary/aromatic N) is 1. The fourth-order valence-corrected chi connectivity index (χ4v) is 3.76. The molecule has 10 heteroatoms. The highest BCUT2D eigenvalue weighted by Crippen LogP contribution is 2.37. The highest BCUT2D eigenvalue weighted by Gasteiger charge is 2.32. The molecule has 0 saturated heterocycles. The molecule has 6 nitrogen and oxygen atoms in total. The van der Waals surface area contributed by atoms with Gasteiger partial charge >= 0.3 is 12.3 Å². The van der Waals surface area contributed by atoms with Crippen LogP contribution in [0.1, 0.15) is 47.3 Å². The third-order valence-corrected chi connectivity index (χ3v) is 5.08. The van der Waals surface area contributed by atoms with Gasteiger partial charge in [-0.15, -0.1) is 13.2 Å². The van der Waals surface area contributed by atoms with Gasteiger partial charge in [-0.2, -0.15) is 0 Å². The summed E-state index contributed by atoms with van der Waals surface area (Å²) in [6, 6.07) is 6.16. The lowest BCUT2D eigenvalue weighted by Crippen LogP contribution is -2.18. The molecular formula is C22H19F4NO5. The van der Waals surface area contributed by atoms with Gasteiger partial charge < -0.3 is 14.9 Å². The summed E-state index contributed by atoms with van der Waals surface area (Å²) in [5.41, 5.74) is 0.499. The molecule has 0 amide bonds. The first-order valence-corrected chi connectivity index (χ1v) is 9.61. The number of fused-ring (bicyclic) bond motifs is 1. The van der Waals surface area contributed by atoms with Gasteiger partial charge in [0.1, 0.15) is 5.75 Å². The van der Waals surface area contributed by atoms with Crippen LogP contribution >= 0.6 is 0 Å². The number of carbonyl (C=O) groups excluding carboxylic acids is 1. The molecule has 2 N–H and O–H groups in total. The number of carbonyl (C=O) groups is 2. The van der Waals surface area contributed by atoms with E-state index in [4.69, 9.17) is 0 Å². The van der Waals surface area contributed by atoms with Crippen molar-refractivity contribution in [2.75, 3.05) is 0 Å². The standard InChI is InChI=1S/C22H19F4NO5/c1-3-4-14(21(30)31)19-11(2)27(17-10-16(23)18(28)9-15(17)19)20(29)12-5-7-13(8-6-12)32-22(24,25)26/h5-10,14,28H,3-4H2,1-2H3,(H,30,31). The van der Waals surface area contributed by atoms with Crippen LogP contribution < -0.4 is 4.74 Å². The summed E-state index contributed by atoms with van der Waals surface area (Å²) in [5, 5.41) is 19.8. The van der Waals surface area contributed by atoms with E-state index in [0.29, 0.717) is 6.42 Å². The molecule has 1 unspecified atom stereocenters. The maximum atomic E-state index is 14.1. The van der Waals surface area contributed by atoms with Gasteiger partial charge in [-0.3, -0.25) is 14.2 Å². The number of ether oxygens (including phenoxy) is 1. The van der Waals surface area contributed by atoms with Gasteiger partial charge in [0.05, 0.1) is 11.4 Å². The number of aliphatic carboxylic acids is 1. The van der Waals surface area contributed by atoms with Crippen molar-refractivity contribution in [2.24, 2.45) is 0 Å². The SMILES string of the molecule is CCCC(C(=O)O)c1c(C)n(C(=O)c2ccc(OC(F)(F)F)cc2)c2cc(F)c(O)cc12. The zero-order chi connectivity index (χ0) is 23.8. The van der Waals surface area contributed by atoms with E-state index in [1.807, 2.05) is 0 Å². The minimum absolute atomic E-state index is 0.0260. The molecule has 0 radical (unpaired) electrons. The quantitative estimate of drug-likeness (QED) is 0.491. The monoisotopic (exact) mass is 453 g/mol. The van der Waals surface area contributed by atoms with E-state index in [9.17, 15) is 37.4 Å². The fourth-order valence-electron chi connectivity index (χ4n) is 3.76. The van der Waals surface area contributed by atoms with E-state index < -0.39 is 41.5 Å². The molecule has 1 aromatic heterocycles. The fraction of sp³-hybridized carbons (Fsp3) is 0.273. The van der Waals surface area contributed by atoms with Crippen molar-refractivity contribution in [3.05, 3.63) is 59.0 Å². The summed E-state index contributed by atoms with van der Waals surface area (Å²) < 4.78 is 56.1. The van der Waals surface area contributed by atoms with Crippen molar-refractivity contribution in [2.45, 2.75) is 39.0 Å². The predicted octanol–water partition coefficient (Wildman–Crippen LogP) is 5.35. The number of phenols is 1. The topological polar surface area (TPSA) is 88.8 Å². The van der Waals surface area contributed by atoms with Crippen LogP contribution in [0.25, 0.3) is 10.9 Å². The normalized spacial score (nSPS) is 12.7. The van der Waals surface area contributed by atoms with Crippen molar-refractivity contribution >= 4 is 22.8 Å². The van der Waals surface area contributed by atoms with E-state index in [2.05, 4.69) is 4.74 Å². The van der Waals surface area contributed by atoms with E-state index in [1.165, 1.54) is 6.92 Å². The largest absolute Gasteiger partial charge is 0.573 e. The smallest absolute Gasteiger partial charge is 0.505 e. The third kappa shape index (κ3) is 4.39.